The van der Waals surface area contributed by atoms with E-state index in [2.05, 4.69) is 0 Å². The number of ketones is 1. The molecule has 0 bridgehead atoms. The number of hydrogen-bond acceptors (Lipinski definition) is 2. The highest BCUT2D eigenvalue weighted by Crippen LogP contribution is 2.44. The van der Waals surface area contributed by atoms with Crippen molar-refractivity contribution in [1.29, 1.82) is 0 Å². The van der Waals surface area contributed by atoms with Gasteiger partial charge in [0.2, 0.25) is 0 Å². The zero-order valence-electron chi connectivity index (χ0n) is 6.06. The van der Waals surface area contributed by atoms with Gasteiger partial charge in [0.05, 0.1) is 18.6 Å². The largest absolute Gasteiger partial charge is 0.380 e. The molecule has 1 saturated carbocycles. The summed E-state index contributed by atoms with van der Waals surface area (Å²) < 4.78 is 5.28. The normalized spacial score (nSPS) is 30.2. The predicted octanol–water partition coefficient (Wildman–Crippen LogP) is 1.15. The summed E-state index contributed by atoms with van der Waals surface area (Å²) in [5.74, 6) is 0.449. The second-order valence-electron chi connectivity index (χ2n) is 3.36. The van der Waals surface area contributed by atoms with Crippen LogP contribution in [-0.2, 0) is 9.53 Å². The fourth-order valence-electron chi connectivity index (χ4n) is 1.80. The maximum atomic E-state index is 11.3. The van der Waals surface area contributed by atoms with E-state index in [1.54, 1.807) is 0 Å². The number of carbonyl (C=O) groups excluding carboxylic acids is 1. The van der Waals surface area contributed by atoms with E-state index >= 15 is 0 Å². The van der Waals surface area contributed by atoms with E-state index in [4.69, 9.17) is 4.74 Å². The van der Waals surface area contributed by atoms with Crippen molar-refractivity contribution in [2.45, 2.75) is 25.7 Å². The third-order valence-corrected chi connectivity index (χ3v) is 2.75. The molecular formula is C8H12O2. The first-order valence-corrected chi connectivity index (χ1v) is 3.95. The summed E-state index contributed by atoms with van der Waals surface area (Å²) in [6.45, 7) is 1.35. The van der Waals surface area contributed by atoms with Gasteiger partial charge in [-0.1, -0.05) is 6.42 Å². The third kappa shape index (κ3) is 0.717. The van der Waals surface area contributed by atoms with Crippen LogP contribution in [0.15, 0.2) is 0 Å². The molecule has 2 fully saturated rings. The van der Waals surface area contributed by atoms with Gasteiger partial charge in [-0.25, -0.2) is 0 Å². The first-order chi connectivity index (χ1) is 4.83. The Kier molecular flexibility index (Phi) is 1.31. The number of hydrogen-bond donors (Lipinski definition) is 0. The minimum absolute atomic E-state index is 0.00174. The zero-order valence-corrected chi connectivity index (χ0v) is 6.06. The Hall–Kier alpha value is -0.370. The summed E-state index contributed by atoms with van der Waals surface area (Å²) in [7, 11) is 0. The Morgan fingerprint density at radius 3 is 2.60 bits per heavy atom. The topological polar surface area (TPSA) is 26.3 Å². The molecule has 0 aromatic heterocycles. The number of ether oxygens (including phenoxy) is 1. The molecule has 1 spiro atoms. The summed E-state index contributed by atoms with van der Waals surface area (Å²) in [4.78, 5) is 11.3. The van der Waals surface area contributed by atoms with Crippen LogP contribution in [0.4, 0.5) is 0 Å². The van der Waals surface area contributed by atoms with E-state index in [0.29, 0.717) is 25.4 Å². The SMILES string of the molecule is O=C1CCOCC12CCC2. The molecule has 1 aliphatic heterocycles. The summed E-state index contributed by atoms with van der Waals surface area (Å²) in [6.07, 6.45) is 4.02. The number of rotatable bonds is 0. The Morgan fingerprint density at radius 2 is 2.20 bits per heavy atom. The Labute approximate surface area is 60.6 Å². The summed E-state index contributed by atoms with van der Waals surface area (Å²) >= 11 is 0. The van der Waals surface area contributed by atoms with Crippen LogP contribution in [0.1, 0.15) is 25.7 Å². The van der Waals surface area contributed by atoms with Crippen LogP contribution in [-0.4, -0.2) is 19.0 Å². The first-order valence-electron chi connectivity index (χ1n) is 3.95. The predicted molar refractivity (Wildman–Crippen MR) is 36.7 cm³/mol. The molecule has 2 rings (SSSR count). The average Bonchev–Trinajstić information content (AvgIpc) is 1.85. The lowest BCUT2D eigenvalue weighted by atomic mass is 9.65. The Morgan fingerprint density at radius 1 is 1.40 bits per heavy atom. The van der Waals surface area contributed by atoms with Crippen LogP contribution in [0.25, 0.3) is 0 Å². The van der Waals surface area contributed by atoms with Crippen LogP contribution in [0.3, 0.4) is 0 Å². The molecule has 2 nitrogen and oxygen atoms in total. The highest BCUT2D eigenvalue weighted by Gasteiger charge is 2.45. The molecule has 0 N–H and O–H groups in total. The van der Waals surface area contributed by atoms with Crippen LogP contribution >= 0.6 is 0 Å². The molecule has 0 unspecified atom stereocenters. The lowest BCUT2D eigenvalue weighted by Crippen LogP contribution is -2.45. The third-order valence-electron chi connectivity index (χ3n) is 2.75. The fourth-order valence-corrected chi connectivity index (χ4v) is 1.80. The summed E-state index contributed by atoms with van der Waals surface area (Å²) in [5.41, 5.74) is -0.00174. The highest BCUT2D eigenvalue weighted by molar-refractivity contribution is 5.86. The maximum Gasteiger partial charge on any atom is 0.143 e. The van der Waals surface area contributed by atoms with Crippen LogP contribution in [0, 0.1) is 5.41 Å². The summed E-state index contributed by atoms with van der Waals surface area (Å²) in [6, 6.07) is 0. The van der Waals surface area contributed by atoms with E-state index in [0.717, 1.165) is 12.8 Å². The van der Waals surface area contributed by atoms with Crippen molar-refractivity contribution >= 4 is 5.78 Å². The van der Waals surface area contributed by atoms with Gasteiger partial charge in [-0.05, 0) is 12.8 Å². The molecule has 1 heterocycles. The van der Waals surface area contributed by atoms with E-state index in [1.165, 1.54) is 6.42 Å². The lowest BCUT2D eigenvalue weighted by molar-refractivity contribution is -0.148. The Bertz CT molecular complexity index is 159. The highest BCUT2D eigenvalue weighted by atomic mass is 16.5. The monoisotopic (exact) mass is 140 g/mol. The molecule has 1 aliphatic carbocycles. The quantitative estimate of drug-likeness (QED) is 0.504. The van der Waals surface area contributed by atoms with E-state index < -0.39 is 0 Å². The molecule has 1 saturated heterocycles. The molecule has 0 aromatic rings. The van der Waals surface area contributed by atoms with Gasteiger partial charge in [0.1, 0.15) is 5.78 Å². The second-order valence-corrected chi connectivity index (χ2v) is 3.36. The zero-order chi connectivity index (χ0) is 7.03. The smallest absolute Gasteiger partial charge is 0.143 e. The van der Waals surface area contributed by atoms with Crippen LogP contribution in [0.5, 0.6) is 0 Å². The van der Waals surface area contributed by atoms with Crippen molar-refractivity contribution in [3.8, 4) is 0 Å². The molecule has 0 radical (unpaired) electrons. The lowest BCUT2D eigenvalue weighted by Gasteiger charge is -2.42. The molecule has 2 heteroatoms. The number of Topliss-reactive ketones (excluding diaryl/α,β-unsaturated/α-hetero) is 1. The first kappa shape index (κ1) is 6.35. The van der Waals surface area contributed by atoms with Crippen LogP contribution < -0.4 is 0 Å². The van der Waals surface area contributed by atoms with Gasteiger partial charge in [-0.15, -0.1) is 0 Å². The van der Waals surface area contributed by atoms with Crippen molar-refractivity contribution in [2.75, 3.05) is 13.2 Å². The minimum atomic E-state index is -0.00174. The second kappa shape index (κ2) is 2.06. The Balaban J connectivity index is 2.10. The molecule has 2 aliphatic rings. The number of carbonyl (C=O) groups is 1. The summed E-state index contributed by atoms with van der Waals surface area (Å²) in [5, 5.41) is 0. The van der Waals surface area contributed by atoms with Crippen molar-refractivity contribution in [2.24, 2.45) is 5.41 Å². The molecule has 0 aromatic carbocycles. The van der Waals surface area contributed by atoms with Gasteiger partial charge >= 0.3 is 0 Å². The van der Waals surface area contributed by atoms with Gasteiger partial charge in [0, 0.05) is 6.42 Å². The molecular weight excluding hydrogens is 128 g/mol. The molecule has 56 valence electrons. The van der Waals surface area contributed by atoms with Gasteiger partial charge < -0.3 is 4.74 Å². The van der Waals surface area contributed by atoms with Crippen LogP contribution in [0.2, 0.25) is 0 Å². The van der Waals surface area contributed by atoms with Crippen molar-refractivity contribution in [3.63, 3.8) is 0 Å². The van der Waals surface area contributed by atoms with Gasteiger partial charge in [-0.3, -0.25) is 4.79 Å². The van der Waals surface area contributed by atoms with Crippen molar-refractivity contribution < 1.29 is 9.53 Å². The van der Waals surface area contributed by atoms with E-state index in [9.17, 15) is 4.79 Å². The molecule has 0 atom stereocenters. The molecule has 0 amide bonds. The standard InChI is InChI=1S/C8H12O2/c9-7-2-5-10-6-8(7)3-1-4-8/h1-6H2. The average molecular weight is 140 g/mol. The van der Waals surface area contributed by atoms with Crippen molar-refractivity contribution in [1.82, 2.24) is 0 Å². The fraction of sp³-hybridized carbons (Fsp3) is 0.875. The van der Waals surface area contributed by atoms with E-state index in [1.807, 2.05) is 0 Å². The minimum Gasteiger partial charge on any atom is -0.380 e. The van der Waals surface area contributed by atoms with Gasteiger partial charge in [0.25, 0.3) is 0 Å². The molecule has 10 heavy (non-hydrogen) atoms. The van der Waals surface area contributed by atoms with Gasteiger partial charge in [-0.2, -0.15) is 0 Å². The maximum absolute atomic E-state index is 11.3. The van der Waals surface area contributed by atoms with E-state index in [-0.39, 0.29) is 5.41 Å². The van der Waals surface area contributed by atoms with Crippen molar-refractivity contribution in [3.05, 3.63) is 0 Å². The van der Waals surface area contributed by atoms with Gasteiger partial charge in [0.15, 0.2) is 0 Å².